The number of aromatic nitrogens is 2. The molecule has 4 heteroatoms. The van der Waals surface area contributed by atoms with E-state index in [1.54, 1.807) is 0 Å². The monoisotopic (exact) mass is 610 g/mol. The van der Waals surface area contributed by atoms with Gasteiger partial charge in [-0.1, -0.05) is 91.0 Å². The van der Waals surface area contributed by atoms with Gasteiger partial charge in [0.05, 0.1) is 51.0 Å². The van der Waals surface area contributed by atoms with Crippen LogP contribution in [0.3, 0.4) is 0 Å². The third-order valence-electron chi connectivity index (χ3n) is 9.38. The summed E-state index contributed by atoms with van der Waals surface area (Å²) in [5.41, 5.74) is 11.8. The fourth-order valence-corrected chi connectivity index (χ4v) is 7.30. The third kappa shape index (κ3) is 4.14. The first-order valence-electron chi connectivity index (χ1n) is 15.9. The van der Waals surface area contributed by atoms with Crippen molar-refractivity contribution in [2.75, 3.05) is 0 Å². The van der Waals surface area contributed by atoms with Gasteiger partial charge in [-0.15, -0.1) is 0 Å². The average molecular weight is 611 g/mol. The van der Waals surface area contributed by atoms with Gasteiger partial charge in [0.1, 0.15) is 0 Å². The van der Waals surface area contributed by atoms with Gasteiger partial charge in [-0.05, 0) is 83.4 Å². The molecular formula is C44H26N4. The minimum Gasteiger partial charge on any atom is -0.309 e. The number of fused-ring (bicyclic) bond motifs is 6. The minimum atomic E-state index is 0.609. The first-order chi connectivity index (χ1) is 23.7. The highest BCUT2D eigenvalue weighted by molar-refractivity contribution is 6.11. The summed E-state index contributed by atoms with van der Waals surface area (Å²) in [7, 11) is 0. The van der Waals surface area contributed by atoms with Crippen LogP contribution in [0, 0.1) is 22.7 Å². The van der Waals surface area contributed by atoms with Crippen LogP contribution in [0.4, 0.5) is 0 Å². The first kappa shape index (κ1) is 27.4. The van der Waals surface area contributed by atoms with Crippen molar-refractivity contribution in [3.05, 3.63) is 169 Å². The van der Waals surface area contributed by atoms with Gasteiger partial charge in [0.15, 0.2) is 0 Å². The van der Waals surface area contributed by atoms with Crippen LogP contribution in [0.15, 0.2) is 158 Å². The molecule has 0 amide bonds. The van der Waals surface area contributed by atoms with E-state index < -0.39 is 0 Å². The van der Waals surface area contributed by atoms with Crippen molar-refractivity contribution < 1.29 is 0 Å². The molecule has 4 nitrogen and oxygen atoms in total. The van der Waals surface area contributed by atoms with Gasteiger partial charge in [0.2, 0.25) is 0 Å². The molecule has 222 valence electrons. The highest BCUT2D eigenvalue weighted by atomic mass is 15.0. The Balaban J connectivity index is 1.28. The van der Waals surface area contributed by atoms with Crippen LogP contribution in [-0.4, -0.2) is 9.13 Å². The third-order valence-corrected chi connectivity index (χ3v) is 9.38. The van der Waals surface area contributed by atoms with E-state index in [0.29, 0.717) is 11.1 Å². The van der Waals surface area contributed by atoms with Gasteiger partial charge in [-0.3, -0.25) is 0 Å². The van der Waals surface area contributed by atoms with Gasteiger partial charge in [0.25, 0.3) is 0 Å². The van der Waals surface area contributed by atoms with Crippen LogP contribution in [0.2, 0.25) is 0 Å². The Kier molecular flexibility index (Phi) is 6.22. The normalized spacial score (nSPS) is 11.3. The van der Waals surface area contributed by atoms with E-state index in [1.807, 2.05) is 36.4 Å². The van der Waals surface area contributed by atoms with Crippen molar-refractivity contribution in [1.82, 2.24) is 9.13 Å². The molecule has 9 aromatic rings. The molecule has 2 aromatic heterocycles. The summed E-state index contributed by atoms with van der Waals surface area (Å²) >= 11 is 0. The lowest BCUT2D eigenvalue weighted by atomic mass is 9.91. The number of hydrogen-bond acceptors (Lipinski definition) is 2. The van der Waals surface area contributed by atoms with E-state index >= 15 is 0 Å². The summed E-state index contributed by atoms with van der Waals surface area (Å²) < 4.78 is 4.61. The van der Waals surface area contributed by atoms with Crippen LogP contribution in [0.5, 0.6) is 0 Å². The average Bonchev–Trinajstić information content (AvgIpc) is 3.67. The van der Waals surface area contributed by atoms with E-state index in [1.165, 1.54) is 10.8 Å². The van der Waals surface area contributed by atoms with Gasteiger partial charge in [0, 0.05) is 32.8 Å². The number of nitriles is 2. The molecule has 0 bridgehead atoms. The van der Waals surface area contributed by atoms with Crippen LogP contribution in [0.1, 0.15) is 11.1 Å². The van der Waals surface area contributed by atoms with E-state index in [-0.39, 0.29) is 0 Å². The van der Waals surface area contributed by atoms with Gasteiger partial charge >= 0.3 is 0 Å². The van der Waals surface area contributed by atoms with Crippen molar-refractivity contribution in [3.8, 4) is 45.8 Å². The maximum Gasteiger partial charge on any atom is 0.0991 e. The van der Waals surface area contributed by atoms with Crippen molar-refractivity contribution >= 4 is 43.6 Å². The Hall–Kier alpha value is -6.88. The number of rotatable bonds is 4. The molecule has 2 heterocycles. The van der Waals surface area contributed by atoms with Crippen molar-refractivity contribution in [2.24, 2.45) is 0 Å². The zero-order valence-electron chi connectivity index (χ0n) is 25.8. The van der Waals surface area contributed by atoms with Crippen LogP contribution < -0.4 is 0 Å². The zero-order valence-corrected chi connectivity index (χ0v) is 25.8. The molecule has 0 aliphatic carbocycles. The van der Waals surface area contributed by atoms with E-state index in [2.05, 4.69) is 143 Å². The Labute approximate surface area is 277 Å². The molecular weight excluding hydrogens is 585 g/mol. The second-order valence-corrected chi connectivity index (χ2v) is 12.0. The molecule has 0 spiro atoms. The summed E-state index contributed by atoms with van der Waals surface area (Å²) in [6, 6.07) is 59.0. The molecule has 9 rings (SSSR count). The standard InChI is InChI=1S/C44H26N4/c45-27-29-20-22-33(31-10-9-11-32(26-31)47-40-16-5-4-15-37(40)39-25-30(28-46)21-23-44(39)47)38(24-29)36-14-3-8-19-43(36)48-41-17-6-1-12-34(41)35-13-2-7-18-42(35)48/h1-26H. The Morgan fingerprint density at radius 2 is 0.938 bits per heavy atom. The Morgan fingerprint density at radius 3 is 1.65 bits per heavy atom. The topological polar surface area (TPSA) is 57.4 Å². The van der Waals surface area contributed by atoms with Gasteiger partial charge in [-0.2, -0.15) is 10.5 Å². The molecule has 0 atom stereocenters. The Bertz CT molecular complexity index is 2760. The predicted molar refractivity (Wildman–Crippen MR) is 195 cm³/mol. The van der Waals surface area contributed by atoms with Crippen LogP contribution in [-0.2, 0) is 0 Å². The molecule has 0 saturated heterocycles. The second kappa shape index (κ2) is 10.9. The second-order valence-electron chi connectivity index (χ2n) is 12.0. The molecule has 0 N–H and O–H groups in total. The van der Waals surface area contributed by atoms with E-state index in [4.69, 9.17) is 0 Å². The number of benzene rings is 7. The lowest BCUT2D eigenvalue weighted by Gasteiger charge is -2.18. The molecule has 48 heavy (non-hydrogen) atoms. The van der Waals surface area contributed by atoms with Gasteiger partial charge < -0.3 is 9.13 Å². The molecule has 0 saturated carbocycles. The number of hydrogen-bond donors (Lipinski definition) is 0. The molecule has 0 unspecified atom stereocenters. The summed E-state index contributed by atoms with van der Waals surface area (Å²) in [4.78, 5) is 0. The molecule has 7 aromatic carbocycles. The van der Waals surface area contributed by atoms with Crippen LogP contribution >= 0.6 is 0 Å². The number of para-hydroxylation sites is 4. The summed E-state index contributed by atoms with van der Waals surface area (Å²) in [5, 5.41) is 24.2. The number of nitrogens with zero attached hydrogens (tertiary/aromatic N) is 4. The minimum absolute atomic E-state index is 0.609. The van der Waals surface area contributed by atoms with Crippen molar-refractivity contribution in [3.63, 3.8) is 0 Å². The van der Waals surface area contributed by atoms with E-state index in [9.17, 15) is 10.5 Å². The van der Waals surface area contributed by atoms with E-state index in [0.717, 1.165) is 66.5 Å². The van der Waals surface area contributed by atoms with Crippen molar-refractivity contribution in [2.45, 2.75) is 0 Å². The highest BCUT2D eigenvalue weighted by Gasteiger charge is 2.19. The fraction of sp³-hybridized carbons (Fsp3) is 0. The van der Waals surface area contributed by atoms with Crippen molar-refractivity contribution in [1.29, 1.82) is 10.5 Å². The molecule has 0 aliphatic heterocycles. The summed E-state index contributed by atoms with van der Waals surface area (Å²) in [6.07, 6.45) is 0. The molecule has 0 radical (unpaired) electrons. The lowest BCUT2D eigenvalue weighted by Crippen LogP contribution is -1.99. The largest absolute Gasteiger partial charge is 0.309 e. The summed E-state index contributed by atoms with van der Waals surface area (Å²) in [6.45, 7) is 0. The fourth-order valence-electron chi connectivity index (χ4n) is 7.30. The predicted octanol–water partition coefficient (Wildman–Crippen LogP) is 11.0. The quantitative estimate of drug-likeness (QED) is 0.199. The molecule has 0 aliphatic rings. The summed E-state index contributed by atoms with van der Waals surface area (Å²) in [5.74, 6) is 0. The zero-order chi connectivity index (χ0) is 32.2. The molecule has 0 fully saturated rings. The smallest absolute Gasteiger partial charge is 0.0991 e. The van der Waals surface area contributed by atoms with Crippen LogP contribution in [0.25, 0.3) is 77.2 Å². The van der Waals surface area contributed by atoms with Gasteiger partial charge in [-0.25, -0.2) is 0 Å². The maximum absolute atomic E-state index is 10.0. The lowest BCUT2D eigenvalue weighted by molar-refractivity contribution is 1.18. The highest BCUT2D eigenvalue weighted by Crippen LogP contribution is 2.41. The first-order valence-corrected chi connectivity index (χ1v) is 15.9. The SMILES string of the molecule is N#Cc1ccc(-c2cccc(-n3c4ccccc4c4cc(C#N)ccc43)c2)c(-c2ccccc2-n2c3ccccc3c3ccccc32)c1. The maximum atomic E-state index is 10.0. The Morgan fingerprint density at radius 1 is 0.375 bits per heavy atom.